The lowest BCUT2D eigenvalue weighted by atomic mass is 10.3. The van der Waals surface area contributed by atoms with Crippen LogP contribution in [0.15, 0.2) is 12.2 Å². The molecule has 1 heteroatoms. The third-order valence-electron chi connectivity index (χ3n) is 0.812. The van der Waals surface area contributed by atoms with Gasteiger partial charge in [0.05, 0.1) is 0 Å². The van der Waals surface area contributed by atoms with Gasteiger partial charge in [-0.2, -0.15) is 0 Å². The molecule has 8 heavy (non-hydrogen) atoms. The molecule has 0 unspecified atom stereocenters. The van der Waals surface area contributed by atoms with Crippen molar-refractivity contribution in [2.24, 2.45) is 0 Å². The van der Waals surface area contributed by atoms with Crippen molar-refractivity contribution in [3.05, 3.63) is 12.2 Å². The maximum Gasteiger partial charge on any atom is 0.0161 e. The molecule has 1 nitrogen and oxygen atoms in total. The van der Waals surface area contributed by atoms with E-state index in [0.717, 1.165) is 6.54 Å². The standard InChI is InChI=1S/C7H15N/c1-6(2)5-8-7(3)4/h7-8H,1,5H2,2-4H3. The average Bonchev–Trinajstić information content (AvgIpc) is 1.61. The van der Waals surface area contributed by atoms with Crippen LogP contribution in [0.3, 0.4) is 0 Å². The highest BCUT2D eigenvalue weighted by Gasteiger charge is 1.88. The van der Waals surface area contributed by atoms with Crippen molar-refractivity contribution < 1.29 is 0 Å². The lowest BCUT2D eigenvalue weighted by molar-refractivity contribution is 0.622. The first kappa shape index (κ1) is 7.70. The van der Waals surface area contributed by atoms with Crippen molar-refractivity contribution in [1.29, 1.82) is 0 Å². The van der Waals surface area contributed by atoms with Crippen molar-refractivity contribution in [2.75, 3.05) is 6.54 Å². The van der Waals surface area contributed by atoms with E-state index in [4.69, 9.17) is 0 Å². The Bertz CT molecular complexity index is 74.5. The first-order valence-corrected chi connectivity index (χ1v) is 3.00. The predicted octanol–water partition coefficient (Wildman–Crippen LogP) is 1.56. The Hall–Kier alpha value is -0.300. The van der Waals surface area contributed by atoms with Gasteiger partial charge in [-0.15, -0.1) is 0 Å². The summed E-state index contributed by atoms with van der Waals surface area (Å²) in [5.74, 6) is 0. The van der Waals surface area contributed by atoms with Crippen LogP contribution in [0.5, 0.6) is 0 Å². The summed E-state index contributed by atoms with van der Waals surface area (Å²) in [6, 6.07) is 0.576. The van der Waals surface area contributed by atoms with Gasteiger partial charge < -0.3 is 5.32 Å². The van der Waals surface area contributed by atoms with E-state index >= 15 is 0 Å². The smallest absolute Gasteiger partial charge is 0.0161 e. The van der Waals surface area contributed by atoms with Gasteiger partial charge in [-0.05, 0) is 6.92 Å². The van der Waals surface area contributed by atoms with E-state index in [-0.39, 0.29) is 0 Å². The Morgan fingerprint density at radius 1 is 1.62 bits per heavy atom. The monoisotopic (exact) mass is 113 g/mol. The normalized spacial score (nSPS) is 10.0. The van der Waals surface area contributed by atoms with Crippen LogP contribution in [-0.4, -0.2) is 12.6 Å². The van der Waals surface area contributed by atoms with Crippen LogP contribution in [0.2, 0.25) is 0 Å². The van der Waals surface area contributed by atoms with Crippen LogP contribution in [0.4, 0.5) is 0 Å². The molecule has 0 spiro atoms. The minimum atomic E-state index is 0.576. The van der Waals surface area contributed by atoms with Crippen LogP contribution in [0.1, 0.15) is 20.8 Å². The molecule has 0 amide bonds. The van der Waals surface area contributed by atoms with Gasteiger partial charge in [0.1, 0.15) is 0 Å². The number of nitrogens with one attached hydrogen (secondary N) is 1. The zero-order chi connectivity index (χ0) is 6.57. The van der Waals surface area contributed by atoms with E-state index in [1.807, 2.05) is 6.92 Å². The molecule has 0 fully saturated rings. The highest BCUT2D eigenvalue weighted by molar-refractivity contribution is 4.90. The Morgan fingerprint density at radius 2 is 2.12 bits per heavy atom. The quantitative estimate of drug-likeness (QED) is 0.548. The molecule has 0 saturated carbocycles. The van der Waals surface area contributed by atoms with Gasteiger partial charge in [-0.3, -0.25) is 0 Å². The van der Waals surface area contributed by atoms with Crippen LogP contribution >= 0.6 is 0 Å². The van der Waals surface area contributed by atoms with Crippen LogP contribution in [0.25, 0.3) is 0 Å². The van der Waals surface area contributed by atoms with Crippen LogP contribution < -0.4 is 5.32 Å². The summed E-state index contributed by atoms with van der Waals surface area (Å²) in [5.41, 5.74) is 1.19. The van der Waals surface area contributed by atoms with Crippen molar-refractivity contribution in [3.63, 3.8) is 0 Å². The van der Waals surface area contributed by atoms with Crippen molar-refractivity contribution in [3.8, 4) is 0 Å². The molecule has 0 heterocycles. The van der Waals surface area contributed by atoms with E-state index in [1.54, 1.807) is 0 Å². The zero-order valence-electron chi connectivity index (χ0n) is 5.99. The third kappa shape index (κ3) is 5.70. The second-order valence-corrected chi connectivity index (χ2v) is 2.49. The van der Waals surface area contributed by atoms with Gasteiger partial charge in [0.15, 0.2) is 0 Å². The molecular weight excluding hydrogens is 98.1 g/mol. The number of rotatable bonds is 3. The molecule has 0 aromatic heterocycles. The summed E-state index contributed by atoms with van der Waals surface area (Å²) in [6.07, 6.45) is 0. The molecule has 0 aromatic carbocycles. The molecule has 0 aliphatic rings. The summed E-state index contributed by atoms with van der Waals surface area (Å²) in [5, 5.41) is 3.25. The van der Waals surface area contributed by atoms with E-state index in [1.165, 1.54) is 5.57 Å². The van der Waals surface area contributed by atoms with Gasteiger partial charge in [-0.1, -0.05) is 26.0 Å². The van der Waals surface area contributed by atoms with E-state index in [9.17, 15) is 0 Å². The van der Waals surface area contributed by atoms with Crippen LogP contribution in [0, 0.1) is 0 Å². The maximum absolute atomic E-state index is 3.76. The molecule has 0 aliphatic carbocycles. The second-order valence-electron chi connectivity index (χ2n) is 2.49. The Morgan fingerprint density at radius 3 is 2.25 bits per heavy atom. The maximum atomic E-state index is 3.76. The zero-order valence-corrected chi connectivity index (χ0v) is 5.99. The van der Waals surface area contributed by atoms with Gasteiger partial charge in [-0.25, -0.2) is 0 Å². The summed E-state index contributed by atoms with van der Waals surface area (Å²) >= 11 is 0. The van der Waals surface area contributed by atoms with Gasteiger partial charge in [0.25, 0.3) is 0 Å². The highest BCUT2D eigenvalue weighted by atomic mass is 14.9. The minimum absolute atomic E-state index is 0.576. The first-order chi connectivity index (χ1) is 3.63. The Labute approximate surface area is 51.8 Å². The lowest BCUT2D eigenvalue weighted by Gasteiger charge is -2.05. The van der Waals surface area contributed by atoms with Crippen molar-refractivity contribution >= 4 is 0 Å². The number of hydrogen-bond acceptors (Lipinski definition) is 1. The fraction of sp³-hybridized carbons (Fsp3) is 0.714. The Balaban J connectivity index is 3.05. The predicted molar refractivity (Wildman–Crippen MR) is 38.0 cm³/mol. The first-order valence-electron chi connectivity index (χ1n) is 3.00. The average molecular weight is 113 g/mol. The summed E-state index contributed by atoms with van der Waals surface area (Å²) in [6.45, 7) is 11.0. The van der Waals surface area contributed by atoms with Gasteiger partial charge in [0, 0.05) is 12.6 Å². The molecule has 0 rings (SSSR count). The van der Waals surface area contributed by atoms with Gasteiger partial charge in [0.2, 0.25) is 0 Å². The van der Waals surface area contributed by atoms with E-state index in [2.05, 4.69) is 25.7 Å². The van der Waals surface area contributed by atoms with Crippen molar-refractivity contribution in [2.45, 2.75) is 26.8 Å². The van der Waals surface area contributed by atoms with Gasteiger partial charge >= 0.3 is 0 Å². The fourth-order valence-corrected chi connectivity index (χ4v) is 0.378. The molecular formula is C7H15N. The molecule has 0 bridgehead atoms. The topological polar surface area (TPSA) is 12.0 Å². The summed E-state index contributed by atoms with van der Waals surface area (Å²) in [7, 11) is 0. The fourth-order valence-electron chi connectivity index (χ4n) is 0.378. The van der Waals surface area contributed by atoms with Crippen LogP contribution in [-0.2, 0) is 0 Å². The van der Waals surface area contributed by atoms with E-state index in [0.29, 0.717) is 6.04 Å². The number of hydrogen-bond donors (Lipinski definition) is 1. The molecule has 0 aromatic rings. The third-order valence-corrected chi connectivity index (χ3v) is 0.812. The van der Waals surface area contributed by atoms with Crippen molar-refractivity contribution in [1.82, 2.24) is 5.32 Å². The van der Waals surface area contributed by atoms with E-state index < -0.39 is 0 Å². The highest BCUT2D eigenvalue weighted by Crippen LogP contribution is 1.83. The summed E-state index contributed by atoms with van der Waals surface area (Å²) in [4.78, 5) is 0. The summed E-state index contributed by atoms with van der Waals surface area (Å²) < 4.78 is 0. The Kier molecular flexibility index (Phi) is 3.53. The molecule has 0 radical (unpaired) electrons. The minimum Gasteiger partial charge on any atom is -0.311 e. The molecule has 48 valence electrons. The molecule has 1 N–H and O–H groups in total. The molecule has 0 saturated heterocycles. The second kappa shape index (κ2) is 3.67. The molecule has 0 atom stereocenters. The molecule has 0 aliphatic heterocycles. The largest absolute Gasteiger partial charge is 0.311 e. The SMILES string of the molecule is C=C(C)CNC(C)C. The lowest BCUT2D eigenvalue weighted by Crippen LogP contribution is -2.23.